The standard InChI is InChI=1S/C13H19F3N4/c14-13(15,16)9-20-3-1-11(2-4-20)5-17-6-12-7-18-10-19-8-12/h7-8,10-11,17H,1-6,9H2. The Morgan fingerprint density at radius 1 is 1.20 bits per heavy atom. The third kappa shape index (κ3) is 5.42. The highest BCUT2D eigenvalue weighted by Crippen LogP contribution is 2.22. The molecule has 1 aliphatic heterocycles. The van der Waals surface area contributed by atoms with E-state index in [4.69, 9.17) is 0 Å². The van der Waals surface area contributed by atoms with Gasteiger partial charge in [0.25, 0.3) is 0 Å². The van der Waals surface area contributed by atoms with Gasteiger partial charge in [-0.2, -0.15) is 13.2 Å². The van der Waals surface area contributed by atoms with Gasteiger partial charge in [-0.25, -0.2) is 9.97 Å². The van der Waals surface area contributed by atoms with Crippen molar-refractivity contribution in [2.45, 2.75) is 25.6 Å². The number of aromatic nitrogens is 2. The summed E-state index contributed by atoms with van der Waals surface area (Å²) < 4.78 is 36.8. The molecule has 0 radical (unpaired) electrons. The maximum atomic E-state index is 12.3. The summed E-state index contributed by atoms with van der Waals surface area (Å²) in [6.45, 7) is 1.80. The maximum Gasteiger partial charge on any atom is 0.401 e. The predicted molar refractivity (Wildman–Crippen MR) is 69.0 cm³/mol. The van der Waals surface area contributed by atoms with Crippen LogP contribution in [-0.2, 0) is 6.54 Å². The molecule has 1 N–H and O–H groups in total. The second-order valence-electron chi connectivity index (χ2n) is 5.21. The second kappa shape index (κ2) is 6.99. The van der Waals surface area contributed by atoms with E-state index in [-0.39, 0.29) is 0 Å². The lowest BCUT2D eigenvalue weighted by molar-refractivity contribution is -0.148. The number of nitrogens with zero attached hydrogens (tertiary/aromatic N) is 3. The Morgan fingerprint density at radius 2 is 1.85 bits per heavy atom. The van der Waals surface area contributed by atoms with Gasteiger partial charge in [0.1, 0.15) is 6.33 Å². The summed E-state index contributed by atoms with van der Waals surface area (Å²) in [7, 11) is 0. The number of nitrogens with one attached hydrogen (secondary N) is 1. The first-order valence-corrected chi connectivity index (χ1v) is 6.76. The lowest BCUT2D eigenvalue weighted by Gasteiger charge is -2.32. The van der Waals surface area contributed by atoms with Crippen LogP contribution in [0.4, 0.5) is 13.2 Å². The minimum Gasteiger partial charge on any atom is -0.312 e. The molecule has 2 heterocycles. The van der Waals surface area contributed by atoms with Crippen molar-refractivity contribution in [3.8, 4) is 0 Å². The van der Waals surface area contributed by atoms with Gasteiger partial charge in [-0.1, -0.05) is 0 Å². The Bertz CT molecular complexity index is 388. The van der Waals surface area contributed by atoms with Crippen molar-refractivity contribution in [2.24, 2.45) is 5.92 Å². The molecule has 1 aliphatic rings. The first kappa shape index (κ1) is 15.2. The largest absolute Gasteiger partial charge is 0.401 e. The van der Waals surface area contributed by atoms with Crippen LogP contribution in [0.5, 0.6) is 0 Å². The van der Waals surface area contributed by atoms with Gasteiger partial charge >= 0.3 is 6.18 Å². The van der Waals surface area contributed by atoms with Crippen LogP contribution < -0.4 is 5.32 Å². The third-order valence-electron chi connectivity index (χ3n) is 3.49. The van der Waals surface area contributed by atoms with Crippen LogP contribution in [0.25, 0.3) is 0 Å². The fourth-order valence-electron chi connectivity index (χ4n) is 2.44. The van der Waals surface area contributed by atoms with Crippen molar-refractivity contribution < 1.29 is 13.2 Å². The van der Waals surface area contributed by atoms with E-state index in [9.17, 15) is 13.2 Å². The van der Waals surface area contributed by atoms with Crippen molar-refractivity contribution in [1.29, 1.82) is 0 Å². The lowest BCUT2D eigenvalue weighted by Crippen LogP contribution is -2.41. The van der Waals surface area contributed by atoms with Gasteiger partial charge in [0.05, 0.1) is 6.54 Å². The third-order valence-corrected chi connectivity index (χ3v) is 3.49. The molecule has 2 rings (SSSR count). The molecule has 1 saturated heterocycles. The Labute approximate surface area is 116 Å². The van der Waals surface area contributed by atoms with Gasteiger partial charge in [0.15, 0.2) is 0 Å². The fraction of sp³-hybridized carbons (Fsp3) is 0.692. The summed E-state index contributed by atoms with van der Waals surface area (Å²) in [5.74, 6) is 0.448. The van der Waals surface area contributed by atoms with E-state index in [2.05, 4.69) is 15.3 Å². The van der Waals surface area contributed by atoms with Crippen LogP contribution in [0.3, 0.4) is 0 Å². The summed E-state index contributed by atoms with van der Waals surface area (Å²) in [5, 5.41) is 3.31. The summed E-state index contributed by atoms with van der Waals surface area (Å²) in [6.07, 6.45) is 2.54. The van der Waals surface area contributed by atoms with Crippen LogP contribution in [0.15, 0.2) is 18.7 Å². The smallest absolute Gasteiger partial charge is 0.312 e. The summed E-state index contributed by atoms with van der Waals surface area (Å²) in [5.41, 5.74) is 1.02. The van der Waals surface area contributed by atoms with Crippen molar-refractivity contribution >= 4 is 0 Å². The van der Waals surface area contributed by atoms with Gasteiger partial charge in [0.2, 0.25) is 0 Å². The Kier molecular flexibility index (Phi) is 5.31. The average Bonchev–Trinajstić information content (AvgIpc) is 2.40. The zero-order valence-electron chi connectivity index (χ0n) is 11.2. The predicted octanol–water partition coefficient (Wildman–Crippen LogP) is 1.84. The highest BCUT2D eigenvalue weighted by atomic mass is 19.4. The van der Waals surface area contributed by atoms with Crippen molar-refractivity contribution in [2.75, 3.05) is 26.2 Å². The molecule has 0 unspecified atom stereocenters. The van der Waals surface area contributed by atoms with Crippen LogP contribution in [0.1, 0.15) is 18.4 Å². The Morgan fingerprint density at radius 3 is 2.45 bits per heavy atom. The normalized spacial score (nSPS) is 18.4. The van der Waals surface area contributed by atoms with E-state index in [1.54, 1.807) is 12.4 Å². The van der Waals surface area contributed by atoms with Crippen molar-refractivity contribution in [3.05, 3.63) is 24.3 Å². The minimum absolute atomic E-state index is 0.448. The zero-order valence-corrected chi connectivity index (χ0v) is 11.2. The fourth-order valence-corrected chi connectivity index (χ4v) is 2.44. The molecule has 1 fully saturated rings. The summed E-state index contributed by atoms with van der Waals surface area (Å²) in [4.78, 5) is 9.35. The van der Waals surface area contributed by atoms with Gasteiger partial charge in [0, 0.05) is 24.5 Å². The Balaban J connectivity index is 1.62. The number of likely N-dealkylation sites (tertiary alicyclic amines) is 1. The van der Waals surface area contributed by atoms with Crippen LogP contribution in [0, 0.1) is 5.92 Å². The SMILES string of the molecule is FC(F)(F)CN1CCC(CNCc2cncnc2)CC1. The quantitative estimate of drug-likeness (QED) is 0.897. The van der Waals surface area contributed by atoms with E-state index < -0.39 is 12.7 Å². The van der Waals surface area contributed by atoms with Crippen LogP contribution >= 0.6 is 0 Å². The van der Waals surface area contributed by atoms with E-state index in [1.165, 1.54) is 11.2 Å². The molecule has 0 aromatic carbocycles. The number of hydrogen-bond acceptors (Lipinski definition) is 4. The monoisotopic (exact) mass is 288 g/mol. The van der Waals surface area contributed by atoms with Crippen LogP contribution in [0.2, 0.25) is 0 Å². The molecule has 1 aromatic heterocycles. The molecule has 7 heteroatoms. The maximum absolute atomic E-state index is 12.3. The van der Waals surface area contributed by atoms with Crippen LogP contribution in [-0.4, -0.2) is 47.2 Å². The molecule has 4 nitrogen and oxygen atoms in total. The number of hydrogen-bond donors (Lipinski definition) is 1. The highest BCUT2D eigenvalue weighted by Gasteiger charge is 2.32. The number of rotatable bonds is 5. The van der Waals surface area contributed by atoms with Crippen molar-refractivity contribution in [1.82, 2.24) is 20.2 Å². The van der Waals surface area contributed by atoms with E-state index in [1.807, 2.05) is 0 Å². The highest BCUT2D eigenvalue weighted by molar-refractivity contribution is 5.01. The minimum atomic E-state index is -4.08. The zero-order chi connectivity index (χ0) is 14.4. The summed E-state index contributed by atoms with van der Waals surface area (Å²) in [6, 6.07) is 0. The molecule has 20 heavy (non-hydrogen) atoms. The molecule has 1 aromatic rings. The lowest BCUT2D eigenvalue weighted by atomic mass is 9.97. The number of piperidine rings is 1. The number of alkyl halides is 3. The van der Waals surface area contributed by atoms with Gasteiger partial charge in [-0.15, -0.1) is 0 Å². The Hall–Kier alpha value is -1.21. The first-order chi connectivity index (χ1) is 9.53. The average molecular weight is 288 g/mol. The van der Waals surface area contributed by atoms with Gasteiger partial charge in [-0.05, 0) is 38.4 Å². The molecule has 0 bridgehead atoms. The van der Waals surface area contributed by atoms with Crippen molar-refractivity contribution in [3.63, 3.8) is 0 Å². The first-order valence-electron chi connectivity index (χ1n) is 6.76. The molecule has 0 spiro atoms. The van der Waals surface area contributed by atoms with Gasteiger partial charge < -0.3 is 5.32 Å². The second-order valence-corrected chi connectivity index (χ2v) is 5.21. The molecular weight excluding hydrogens is 269 g/mol. The van der Waals surface area contributed by atoms with Gasteiger partial charge in [-0.3, -0.25) is 4.90 Å². The van der Waals surface area contributed by atoms with E-state index in [0.717, 1.165) is 24.9 Å². The summed E-state index contributed by atoms with van der Waals surface area (Å²) >= 11 is 0. The topological polar surface area (TPSA) is 41.0 Å². The molecule has 0 aliphatic carbocycles. The van der Waals surface area contributed by atoms with E-state index >= 15 is 0 Å². The molecule has 0 atom stereocenters. The molecule has 0 amide bonds. The molecule has 112 valence electrons. The number of halogens is 3. The van der Waals surface area contributed by atoms with E-state index in [0.29, 0.717) is 25.6 Å². The molecule has 0 saturated carbocycles. The molecular formula is C13H19F3N4.